The van der Waals surface area contributed by atoms with Crippen molar-refractivity contribution >= 4 is 34.6 Å². The maximum atomic E-state index is 12.2. The number of benzene rings is 3. The number of rotatable bonds is 6. The Hall–Kier alpha value is -4.19. The van der Waals surface area contributed by atoms with Crippen LogP contribution in [0.15, 0.2) is 84.9 Å². The highest BCUT2D eigenvalue weighted by molar-refractivity contribution is 5.98. The molecule has 0 saturated carbocycles. The highest BCUT2D eigenvalue weighted by atomic mass is 16.2. The number of aryl methyl sites for hydroxylation is 1. The summed E-state index contributed by atoms with van der Waals surface area (Å²) in [5.41, 5.74) is 4.53. The summed E-state index contributed by atoms with van der Waals surface area (Å²) >= 11 is 0. The summed E-state index contributed by atoms with van der Waals surface area (Å²) in [5, 5.41) is 5.37. The SMILES string of the molecule is Cn1c(-c2ccc(NC(=O)CNC(=O)/C=C/c3ccccc3)cc2)nc2ccccc21. The smallest absolute Gasteiger partial charge is 0.244 e. The molecule has 0 radical (unpaired) electrons. The van der Waals surface area contributed by atoms with Crippen molar-refractivity contribution < 1.29 is 9.59 Å². The molecule has 1 aromatic heterocycles. The highest BCUT2D eigenvalue weighted by Gasteiger charge is 2.10. The fraction of sp³-hybridized carbons (Fsp3) is 0.0800. The molecule has 0 spiro atoms. The molecule has 6 nitrogen and oxygen atoms in total. The third-order valence-electron chi connectivity index (χ3n) is 4.86. The van der Waals surface area contributed by atoms with Crippen molar-refractivity contribution in [1.82, 2.24) is 14.9 Å². The number of anilines is 1. The molecule has 31 heavy (non-hydrogen) atoms. The van der Waals surface area contributed by atoms with Gasteiger partial charge in [-0.05, 0) is 48.0 Å². The molecule has 0 aliphatic carbocycles. The van der Waals surface area contributed by atoms with E-state index in [0.717, 1.165) is 28.0 Å². The second kappa shape index (κ2) is 9.09. The monoisotopic (exact) mass is 410 g/mol. The minimum atomic E-state index is -0.323. The summed E-state index contributed by atoms with van der Waals surface area (Å²) in [6.07, 6.45) is 3.11. The van der Waals surface area contributed by atoms with Gasteiger partial charge < -0.3 is 15.2 Å². The third kappa shape index (κ3) is 4.87. The van der Waals surface area contributed by atoms with E-state index >= 15 is 0 Å². The fourth-order valence-corrected chi connectivity index (χ4v) is 3.27. The first-order valence-corrected chi connectivity index (χ1v) is 9.93. The van der Waals surface area contributed by atoms with Gasteiger partial charge in [-0.25, -0.2) is 4.98 Å². The lowest BCUT2D eigenvalue weighted by molar-refractivity contribution is -0.121. The molecule has 0 atom stereocenters. The molecule has 0 unspecified atom stereocenters. The fourth-order valence-electron chi connectivity index (χ4n) is 3.27. The summed E-state index contributed by atoms with van der Waals surface area (Å²) in [5.74, 6) is 0.240. The molecular weight excluding hydrogens is 388 g/mol. The van der Waals surface area contributed by atoms with Gasteiger partial charge in [0.25, 0.3) is 0 Å². The maximum absolute atomic E-state index is 12.2. The number of nitrogens with zero attached hydrogens (tertiary/aromatic N) is 2. The van der Waals surface area contributed by atoms with Crippen molar-refractivity contribution in [2.75, 3.05) is 11.9 Å². The van der Waals surface area contributed by atoms with Gasteiger partial charge in [0.2, 0.25) is 11.8 Å². The molecule has 1 heterocycles. The molecule has 0 fully saturated rings. The second-order valence-corrected chi connectivity index (χ2v) is 7.07. The van der Waals surface area contributed by atoms with E-state index in [1.54, 1.807) is 6.08 Å². The van der Waals surface area contributed by atoms with Gasteiger partial charge in [0.05, 0.1) is 17.6 Å². The molecular formula is C25H22N4O2. The summed E-state index contributed by atoms with van der Waals surface area (Å²) in [6.45, 7) is -0.107. The lowest BCUT2D eigenvalue weighted by Crippen LogP contribution is -2.31. The van der Waals surface area contributed by atoms with Crippen molar-refractivity contribution in [3.8, 4) is 11.4 Å². The zero-order chi connectivity index (χ0) is 21.6. The van der Waals surface area contributed by atoms with Crippen LogP contribution >= 0.6 is 0 Å². The van der Waals surface area contributed by atoms with E-state index in [1.807, 2.05) is 90.5 Å². The number of para-hydroxylation sites is 2. The summed E-state index contributed by atoms with van der Waals surface area (Å²) in [7, 11) is 1.98. The second-order valence-electron chi connectivity index (χ2n) is 7.07. The van der Waals surface area contributed by atoms with Gasteiger partial charge >= 0.3 is 0 Å². The number of nitrogens with one attached hydrogen (secondary N) is 2. The first-order valence-electron chi connectivity index (χ1n) is 9.93. The average molecular weight is 410 g/mol. The minimum absolute atomic E-state index is 0.107. The van der Waals surface area contributed by atoms with E-state index in [0.29, 0.717) is 5.69 Å². The number of imidazole rings is 1. The number of carbonyl (C=O) groups excluding carboxylic acids is 2. The molecule has 0 aliphatic heterocycles. The number of aromatic nitrogens is 2. The lowest BCUT2D eigenvalue weighted by Gasteiger charge is -2.07. The summed E-state index contributed by atoms with van der Waals surface area (Å²) in [4.78, 5) is 28.7. The van der Waals surface area contributed by atoms with Crippen molar-refractivity contribution in [1.29, 1.82) is 0 Å². The highest BCUT2D eigenvalue weighted by Crippen LogP contribution is 2.24. The van der Waals surface area contributed by atoms with Gasteiger partial charge in [-0.1, -0.05) is 42.5 Å². The van der Waals surface area contributed by atoms with Crippen LogP contribution in [0.3, 0.4) is 0 Å². The Morgan fingerprint density at radius 2 is 1.65 bits per heavy atom. The predicted molar refractivity (Wildman–Crippen MR) is 123 cm³/mol. The summed E-state index contributed by atoms with van der Waals surface area (Å²) < 4.78 is 2.04. The van der Waals surface area contributed by atoms with Crippen molar-refractivity contribution in [3.05, 3.63) is 90.5 Å². The van der Waals surface area contributed by atoms with Crippen LogP contribution in [0.4, 0.5) is 5.69 Å². The molecule has 6 heteroatoms. The Labute approximate surface area is 180 Å². The average Bonchev–Trinajstić information content (AvgIpc) is 3.14. The van der Waals surface area contributed by atoms with E-state index in [1.165, 1.54) is 6.08 Å². The Balaban J connectivity index is 1.33. The molecule has 4 rings (SSSR count). The van der Waals surface area contributed by atoms with Crippen LogP contribution in [0.2, 0.25) is 0 Å². The van der Waals surface area contributed by atoms with Crippen LogP contribution in [-0.4, -0.2) is 27.9 Å². The molecule has 2 amide bonds. The van der Waals surface area contributed by atoms with E-state index < -0.39 is 0 Å². The van der Waals surface area contributed by atoms with Gasteiger partial charge in [-0.15, -0.1) is 0 Å². The Morgan fingerprint density at radius 1 is 0.935 bits per heavy atom. The van der Waals surface area contributed by atoms with Crippen LogP contribution in [0, 0.1) is 0 Å². The molecule has 2 N–H and O–H groups in total. The Bertz CT molecular complexity index is 1240. The standard InChI is InChI=1S/C25H22N4O2/c1-29-22-10-6-5-9-21(22)28-25(29)19-12-14-20(15-13-19)27-24(31)17-26-23(30)16-11-18-7-3-2-4-8-18/h2-16H,17H2,1H3,(H,26,30)(H,27,31)/b16-11+. The third-order valence-corrected chi connectivity index (χ3v) is 4.86. The van der Waals surface area contributed by atoms with E-state index in [-0.39, 0.29) is 18.4 Å². The topological polar surface area (TPSA) is 76.0 Å². The van der Waals surface area contributed by atoms with Crippen molar-refractivity contribution in [2.45, 2.75) is 0 Å². The van der Waals surface area contributed by atoms with Crippen molar-refractivity contribution in [2.24, 2.45) is 7.05 Å². The van der Waals surface area contributed by atoms with E-state index in [2.05, 4.69) is 15.6 Å². The predicted octanol–water partition coefficient (Wildman–Crippen LogP) is 4.01. The normalized spacial score (nSPS) is 11.0. The van der Waals surface area contributed by atoms with Crippen LogP contribution < -0.4 is 10.6 Å². The van der Waals surface area contributed by atoms with Crippen molar-refractivity contribution in [3.63, 3.8) is 0 Å². The zero-order valence-corrected chi connectivity index (χ0v) is 17.1. The van der Waals surface area contributed by atoms with Crippen LogP contribution in [0.1, 0.15) is 5.56 Å². The Kier molecular flexibility index (Phi) is 5.89. The van der Waals surface area contributed by atoms with Gasteiger partial charge in [0.15, 0.2) is 0 Å². The molecule has 0 bridgehead atoms. The Morgan fingerprint density at radius 3 is 2.39 bits per heavy atom. The minimum Gasteiger partial charge on any atom is -0.343 e. The van der Waals surface area contributed by atoms with E-state index in [4.69, 9.17) is 0 Å². The van der Waals surface area contributed by atoms with Gasteiger partial charge in [-0.2, -0.15) is 0 Å². The largest absolute Gasteiger partial charge is 0.343 e. The molecule has 0 saturated heterocycles. The first-order chi connectivity index (χ1) is 15.1. The van der Waals surface area contributed by atoms with Crippen LogP contribution in [0.25, 0.3) is 28.5 Å². The van der Waals surface area contributed by atoms with Gasteiger partial charge in [0, 0.05) is 24.4 Å². The van der Waals surface area contributed by atoms with Crippen LogP contribution in [-0.2, 0) is 16.6 Å². The van der Waals surface area contributed by atoms with Gasteiger partial charge in [0.1, 0.15) is 5.82 Å². The number of hydrogen-bond donors (Lipinski definition) is 2. The summed E-state index contributed by atoms with van der Waals surface area (Å²) in [6, 6.07) is 24.9. The molecule has 3 aromatic carbocycles. The van der Waals surface area contributed by atoms with Crippen LogP contribution in [0.5, 0.6) is 0 Å². The first kappa shape index (κ1) is 20.1. The van der Waals surface area contributed by atoms with Gasteiger partial charge in [-0.3, -0.25) is 9.59 Å². The maximum Gasteiger partial charge on any atom is 0.244 e. The number of carbonyl (C=O) groups is 2. The quantitative estimate of drug-likeness (QED) is 0.472. The van der Waals surface area contributed by atoms with E-state index in [9.17, 15) is 9.59 Å². The molecule has 154 valence electrons. The lowest BCUT2D eigenvalue weighted by atomic mass is 10.2. The molecule has 4 aromatic rings. The number of hydrogen-bond acceptors (Lipinski definition) is 3. The zero-order valence-electron chi connectivity index (χ0n) is 17.1. The number of amides is 2. The molecule has 0 aliphatic rings. The number of fused-ring (bicyclic) bond motifs is 1.